The lowest BCUT2D eigenvalue weighted by molar-refractivity contribution is -0.131. The number of carboxylic acid groups (broad SMARTS) is 1. The van der Waals surface area contributed by atoms with E-state index in [2.05, 4.69) is 18.2 Å². The fraction of sp³-hybridized carbons (Fsp3) is 0.0870. The van der Waals surface area contributed by atoms with Crippen LogP contribution in [0, 0.1) is 0 Å². The van der Waals surface area contributed by atoms with Gasteiger partial charge in [0.05, 0.1) is 0 Å². The molecular formula is C23H20O3. The van der Waals surface area contributed by atoms with E-state index in [1.54, 1.807) is 6.08 Å². The van der Waals surface area contributed by atoms with Crippen LogP contribution in [0.1, 0.15) is 22.3 Å². The molecule has 0 atom stereocenters. The van der Waals surface area contributed by atoms with Gasteiger partial charge in [-0.2, -0.15) is 0 Å². The van der Waals surface area contributed by atoms with Gasteiger partial charge < -0.3 is 9.84 Å². The first kappa shape index (κ1) is 17.5. The Kier molecular flexibility index (Phi) is 5.84. The molecule has 0 saturated carbocycles. The summed E-state index contributed by atoms with van der Waals surface area (Å²) in [4.78, 5) is 10.9. The molecule has 0 bridgehead atoms. The molecule has 0 aliphatic heterocycles. The second-order valence-electron chi connectivity index (χ2n) is 5.97. The van der Waals surface area contributed by atoms with Crippen molar-refractivity contribution in [1.82, 2.24) is 0 Å². The van der Waals surface area contributed by atoms with Crippen LogP contribution in [-0.4, -0.2) is 11.1 Å². The van der Waals surface area contributed by atoms with E-state index in [-0.39, 0.29) is 0 Å². The summed E-state index contributed by atoms with van der Waals surface area (Å²) in [6.07, 6.45) is 3.55. The van der Waals surface area contributed by atoms with Crippen LogP contribution in [-0.2, 0) is 17.8 Å². The number of rotatable bonds is 7. The average Bonchev–Trinajstić information content (AvgIpc) is 2.67. The number of carboxylic acids is 1. The molecule has 0 fully saturated rings. The Balaban J connectivity index is 1.83. The number of ether oxygens (including phenoxy) is 1. The SMILES string of the molecule is O=C(O)/C=C/c1ccc(COc2ccccc2)cc1Cc1ccccc1. The molecule has 0 spiro atoms. The second kappa shape index (κ2) is 8.67. The van der Waals surface area contributed by atoms with Gasteiger partial charge in [-0.15, -0.1) is 0 Å². The summed E-state index contributed by atoms with van der Waals surface area (Å²) in [5, 5.41) is 8.91. The molecule has 3 aromatic carbocycles. The molecule has 0 amide bonds. The minimum Gasteiger partial charge on any atom is -0.489 e. The van der Waals surface area contributed by atoms with E-state index in [0.29, 0.717) is 6.61 Å². The van der Waals surface area contributed by atoms with Gasteiger partial charge in [0.1, 0.15) is 12.4 Å². The highest BCUT2D eigenvalue weighted by molar-refractivity contribution is 5.85. The van der Waals surface area contributed by atoms with Crippen molar-refractivity contribution in [3.63, 3.8) is 0 Å². The Morgan fingerprint density at radius 3 is 2.27 bits per heavy atom. The lowest BCUT2D eigenvalue weighted by Gasteiger charge is -2.11. The molecule has 0 aliphatic carbocycles. The second-order valence-corrected chi connectivity index (χ2v) is 5.97. The predicted octanol–water partition coefficient (Wildman–Crippen LogP) is 4.95. The van der Waals surface area contributed by atoms with Gasteiger partial charge in [-0.1, -0.05) is 66.7 Å². The first-order valence-corrected chi connectivity index (χ1v) is 8.45. The van der Waals surface area contributed by atoms with E-state index in [4.69, 9.17) is 9.84 Å². The van der Waals surface area contributed by atoms with Crippen molar-refractivity contribution in [3.8, 4) is 5.75 Å². The standard InChI is InChI=1S/C23H20O3/c24-23(25)14-13-20-12-11-19(17-26-22-9-5-2-6-10-22)16-21(20)15-18-7-3-1-4-8-18/h1-14,16H,15,17H2,(H,24,25)/b14-13+. The average molecular weight is 344 g/mol. The summed E-state index contributed by atoms with van der Waals surface area (Å²) in [5.74, 6) is -0.126. The Morgan fingerprint density at radius 1 is 0.885 bits per heavy atom. The monoisotopic (exact) mass is 344 g/mol. The lowest BCUT2D eigenvalue weighted by Crippen LogP contribution is -1.99. The van der Waals surface area contributed by atoms with Crippen LogP contribution in [0.4, 0.5) is 0 Å². The molecule has 3 rings (SSSR count). The van der Waals surface area contributed by atoms with Gasteiger partial charge in [0.25, 0.3) is 0 Å². The van der Waals surface area contributed by atoms with Crippen molar-refractivity contribution >= 4 is 12.0 Å². The van der Waals surface area contributed by atoms with Gasteiger partial charge in [-0.3, -0.25) is 0 Å². The molecule has 0 unspecified atom stereocenters. The van der Waals surface area contributed by atoms with E-state index in [1.807, 2.05) is 60.7 Å². The Bertz CT molecular complexity index is 884. The van der Waals surface area contributed by atoms with Gasteiger partial charge in [-0.05, 0) is 46.9 Å². The van der Waals surface area contributed by atoms with Crippen molar-refractivity contribution < 1.29 is 14.6 Å². The molecule has 130 valence electrons. The first-order valence-electron chi connectivity index (χ1n) is 8.45. The van der Waals surface area contributed by atoms with Crippen LogP contribution in [0.2, 0.25) is 0 Å². The van der Waals surface area contributed by atoms with Gasteiger partial charge in [0, 0.05) is 6.08 Å². The fourth-order valence-electron chi connectivity index (χ4n) is 2.72. The van der Waals surface area contributed by atoms with Crippen molar-refractivity contribution in [2.24, 2.45) is 0 Å². The summed E-state index contributed by atoms with van der Waals surface area (Å²) >= 11 is 0. The normalized spacial score (nSPS) is 10.8. The first-order chi connectivity index (χ1) is 12.7. The summed E-state index contributed by atoms with van der Waals surface area (Å²) in [5.41, 5.74) is 4.20. The number of benzene rings is 3. The van der Waals surface area contributed by atoms with Crippen molar-refractivity contribution in [2.45, 2.75) is 13.0 Å². The largest absolute Gasteiger partial charge is 0.489 e. The molecule has 3 nitrogen and oxygen atoms in total. The quantitative estimate of drug-likeness (QED) is 0.617. The zero-order valence-electron chi connectivity index (χ0n) is 14.3. The van der Waals surface area contributed by atoms with E-state index >= 15 is 0 Å². The van der Waals surface area contributed by atoms with E-state index in [1.165, 1.54) is 11.6 Å². The maximum Gasteiger partial charge on any atom is 0.328 e. The summed E-state index contributed by atoms with van der Waals surface area (Å²) < 4.78 is 5.82. The fourth-order valence-corrected chi connectivity index (χ4v) is 2.72. The number of hydrogen-bond acceptors (Lipinski definition) is 2. The van der Waals surface area contributed by atoms with Crippen LogP contribution in [0.15, 0.2) is 84.9 Å². The molecular weight excluding hydrogens is 324 g/mol. The maximum absolute atomic E-state index is 10.9. The Morgan fingerprint density at radius 2 is 1.58 bits per heavy atom. The van der Waals surface area contributed by atoms with Gasteiger partial charge in [0.2, 0.25) is 0 Å². The summed E-state index contributed by atoms with van der Waals surface area (Å²) in [6, 6.07) is 25.8. The van der Waals surface area contributed by atoms with Crippen molar-refractivity contribution in [1.29, 1.82) is 0 Å². The molecule has 3 heteroatoms. The van der Waals surface area contributed by atoms with Gasteiger partial charge >= 0.3 is 5.97 Å². The minimum atomic E-state index is -0.952. The molecule has 3 aromatic rings. The third-order valence-electron chi connectivity index (χ3n) is 4.00. The smallest absolute Gasteiger partial charge is 0.328 e. The van der Waals surface area contributed by atoms with E-state index in [0.717, 1.165) is 28.9 Å². The zero-order chi connectivity index (χ0) is 18.2. The van der Waals surface area contributed by atoms with Crippen LogP contribution in [0.5, 0.6) is 5.75 Å². The minimum absolute atomic E-state index is 0.467. The molecule has 0 radical (unpaired) electrons. The van der Waals surface area contributed by atoms with Crippen molar-refractivity contribution in [2.75, 3.05) is 0 Å². The summed E-state index contributed by atoms with van der Waals surface area (Å²) in [6.45, 7) is 0.467. The molecule has 26 heavy (non-hydrogen) atoms. The number of hydrogen-bond donors (Lipinski definition) is 1. The molecule has 0 aliphatic rings. The van der Waals surface area contributed by atoms with Gasteiger partial charge in [-0.25, -0.2) is 4.79 Å². The van der Waals surface area contributed by atoms with Crippen LogP contribution >= 0.6 is 0 Å². The molecule has 0 aromatic heterocycles. The number of para-hydroxylation sites is 1. The number of aliphatic carboxylic acids is 1. The highest BCUT2D eigenvalue weighted by Gasteiger charge is 2.05. The van der Waals surface area contributed by atoms with Crippen LogP contribution in [0.3, 0.4) is 0 Å². The van der Waals surface area contributed by atoms with Crippen LogP contribution in [0.25, 0.3) is 6.08 Å². The summed E-state index contributed by atoms with van der Waals surface area (Å²) in [7, 11) is 0. The molecule has 0 saturated heterocycles. The third kappa shape index (κ3) is 5.08. The maximum atomic E-state index is 10.9. The molecule has 0 heterocycles. The highest BCUT2D eigenvalue weighted by atomic mass is 16.5. The third-order valence-corrected chi connectivity index (χ3v) is 4.00. The zero-order valence-corrected chi connectivity index (χ0v) is 14.3. The predicted molar refractivity (Wildman–Crippen MR) is 103 cm³/mol. The topological polar surface area (TPSA) is 46.5 Å². The lowest BCUT2D eigenvalue weighted by atomic mass is 9.97. The number of carbonyl (C=O) groups is 1. The Hall–Kier alpha value is -3.33. The molecule has 1 N–H and O–H groups in total. The Labute approximate surface area is 153 Å². The van der Waals surface area contributed by atoms with Crippen molar-refractivity contribution in [3.05, 3.63) is 107 Å². The van der Waals surface area contributed by atoms with E-state index in [9.17, 15) is 4.79 Å². The highest BCUT2D eigenvalue weighted by Crippen LogP contribution is 2.20. The van der Waals surface area contributed by atoms with E-state index < -0.39 is 5.97 Å². The van der Waals surface area contributed by atoms with Crippen LogP contribution < -0.4 is 4.74 Å². The van der Waals surface area contributed by atoms with Gasteiger partial charge in [0.15, 0.2) is 0 Å².